The number of amides is 2. The van der Waals surface area contributed by atoms with E-state index < -0.39 is 9.84 Å². The van der Waals surface area contributed by atoms with Crippen LogP contribution in [0, 0.1) is 0 Å². The van der Waals surface area contributed by atoms with Gasteiger partial charge in [0.05, 0.1) is 22.2 Å². The van der Waals surface area contributed by atoms with Crippen LogP contribution in [0.15, 0.2) is 18.2 Å². The normalized spacial score (nSPS) is 22.8. The molecule has 8 heteroatoms. The summed E-state index contributed by atoms with van der Waals surface area (Å²) in [5.41, 5.74) is 0.943. The Hall–Kier alpha value is -1.60. The zero-order valence-corrected chi connectivity index (χ0v) is 14.9. The van der Waals surface area contributed by atoms with Crippen molar-refractivity contribution in [1.29, 1.82) is 0 Å². The lowest BCUT2D eigenvalue weighted by Crippen LogP contribution is -2.38. The molecule has 2 fully saturated rings. The molecule has 0 bridgehead atoms. The standard InChI is InChI=1S/C16H19ClN2O4S/c1-18(12-6-8-24(22,23)10-12)16(21)11-4-5-13(17)14(9-11)19-7-2-3-15(19)20/h4-5,9,12H,2-3,6-8,10H2,1H3. The van der Waals surface area contributed by atoms with Crippen molar-refractivity contribution in [3.8, 4) is 0 Å². The molecule has 0 saturated carbocycles. The third-order valence-corrected chi connectivity index (χ3v) is 6.70. The molecule has 3 rings (SSSR count). The van der Waals surface area contributed by atoms with E-state index in [1.807, 2.05) is 0 Å². The molecule has 2 heterocycles. The van der Waals surface area contributed by atoms with Crippen molar-refractivity contribution in [2.75, 3.05) is 30.0 Å². The van der Waals surface area contributed by atoms with E-state index in [4.69, 9.17) is 11.6 Å². The number of rotatable bonds is 3. The fourth-order valence-electron chi connectivity index (χ4n) is 3.21. The summed E-state index contributed by atoms with van der Waals surface area (Å²) in [6, 6.07) is 4.52. The Balaban J connectivity index is 1.84. The van der Waals surface area contributed by atoms with Crippen LogP contribution < -0.4 is 4.90 Å². The summed E-state index contributed by atoms with van der Waals surface area (Å²) in [5.74, 6) is -0.151. The third kappa shape index (κ3) is 3.28. The summed E-state index contributed by atoms with van der Waals surface area (Å²) in [5, 5.41) is 0.424. The Morgan fingerprint density at radius 3 is 2.71 bits per heavy atom. The van der Waals surface area contributed by atoms with Gasteiger partial charge < -0.3 is 9.80 Å². The van der Waals surface area contributed by atoms with Gasteiger partial charge in [0.2, 0.25) is 5.91 Å². The van der Waals surface area contributed by atoms with Crippen molar-refractivity contribution in [3.05, 3.63) is 28.8 Å². The van der Waals surface area contributed by atoms with Crippen molar-refractivity contribution in [1.82, 2.24) is 4.90 Å². The number of benzene rings is 1. The molecule has 1 aromatic rings. The predicted octanol–water partition coefficient (Wildman–Crippen LogP) is 1.73. The van der Waals surface area contributed by atoms with Crippen LogP contribution in [0.5, 0.6) is 0 Å². The topological polar surface area (TPSA) is 74.8 Å². The van der Waals surface area contributed by atoms with Gasteiger partial charge in [-0.25, -0.2) is 8.42 Å². The molecule has 0 N–H and O–H groups in total. The Labute approximate surface area is 146 Å². The third-order valence-electron chi connectivity index (χ3n) is 4.63. The lowest BCUT2D eigenvalue weighted by atomic mass is 10.1. The van der Waals surface area contributed by atoms with Gasteiger partial charge in [-0.1, -0.05) is 11.6 Å². The zero-order valence-electron chi connectivity index (χ0n) is 13.4. The molecule has 0 spiro atoms. The fourth-order valence-corrected chi connectivity index (χ4v) is 5.20. The molecule has 0 aromatic heterocycles. The highest BCUT2D eigenvalue weighted by molar-refractivity contribution is 7.91. The number of halogens is 1. The summed E-state index contributed by atoms with van der Waals surface area (Å²) in [6.45, 7) is 0.590. The van der Waals surface area contributed by atoms with E-state index in [1.54, 1.807) is 30.1 Å². The highest BCUT2D eigenvalue weighted by Crippen LogP contribution is 2.31. The van der Waals surface area contributed by atoms with Gasteiger partial charge in [0.25, 0.3) is 5.91 Å². The number of hydrogen-bond acceptors (Lipinski definition) is 4. The fraction of sp³-hybridized carbons (Fsp3) is 0.500. The summed E-state index contributed by atoms with van der Waals surface area (Å²) < 4.78 is 23.2. The Kier molecular flexibility index (Phi) is 4.57. The van der Waals surface area contributed by atoms with Crippen LogP contribution in [-0.2, 0) is 14.6 Å². The summed E-state index contributed by atoms with van der Waals surface area (Å²) >= 11 is 6.19. The molecule has 6 nitrogen and oxygen atoms in total. The van der Waals surface area contributed by atoms with Crippen LogP contribution in [0.4, 0.5) is 5.69 Å². The zero-order chi connectivity index (χ0) is 17.5. The SMILES string of the molecule is CN(C(=O)c1ccc(Cl)c(N2CCCC2=O)c1)C1CCS(=O)(=O)C1. The number of carbonyl (C=O) groups is 2. The highest BCUT2D eigenvalue weighted by atomic mass is 35.5. The van der Waals surface area contributed by atoms with Crippen molar-refractivity contribution in [2.24, 2.45) is 0 Å². The van der Waals surface area contributed by atoms with Crippen LogP contribution in [0.25, 0.3) is 0 Å². The second-order valence-corrected chi connectivity index (χ2v) is 8.92. The van der Waals surface area contributed by atoms with E-state index in [9.17, 15) is 18.0 Å². The first kappa shape index (κ1) is 17.2. The highest BCUT2D eigenvalue weighted by Gasteiger charge is 2.33. The lowest BCUT2D eigenvalue weighted by molar-refractivity contribution is -0.117. The van der Waals surface area contributed by atoms with Gasteiger partial charge in [-0.3, -0.25) is 9.59 Å². The van der Waals surface area contributed by atoms with Gasteiger partial charge in [0.15, 0.2) is 9.84 Å². The van der Waals surface area contributed by atoms with E-state index in [2.05, 4.69) is 0 Å². The van der Waals surface area contributed by atoms with Crippen LogP contribution in [-0.4, -0.2) is 56.3 Å². The average Bonchev–Trinajstić information content (AvgIpc) is 3.12. The Bertz CT molecular complexity index is 793. The van der Waals surface area contributed by atoms with Gasteiger partial charge in [-0.15, -0.1) is 0 Å². The predicted molar refractivity (Wildman–Crippen MR) is 92.2 cm³/mol. The minimum absolute atomic E-state index is 0.000295. The monoisotopic (exact) mass is 370 g/mol. The maximum atomic E-state index is 12.7. The van der Waals surface area contributed by atoms with Gasteiger partial charge in [-0.2, -0.15) is 0 Å². The van der Waals surface area contributed by atoms with Crippen LogP contribution in [0.1, 0.15) is 29.6 Å². The molecule has 0 aliphatic carbocycles. The maximum absolute atomic E-state index is 12.7. The number of sulfone groups is 1. The molecule has 1 atom stereocenters. The molecule has 2 aliphatic rings. The molecular weight excluding hydrogens is 352 g/mol. The molecule has 2 saturated heterocycles. The van der Waals surface area contributed by atoms with Crippen LogP contribution >= 0.6 is 11.6 Å². The molecule has 24 heavy (non-hydrogen) atoms. The van der Waals surface area contributed by atoms with Gasteiger partial charge in [-0.05, 0) is 31.0 Å². The molecule has 130 valence electrons. The van der Waals surface area contributed by atoms with E-state index in [1.165, 1.54) is 4.90 Å². The molecule has 1 unspecified atom stereocenters. The first-order valence-corrected chi connectivity index (χ1v) is 10.1. The van der Waals surface area contributed by atoms with E-state index in [-0.39, 0.29) is 29.4 Å². The minimum atomic E-state index is -3.06. The molecule has 1 aromatic carbocycles. The maximum Gasteiger partial charge on any atom is 0.253 e. The van der Waals surface area contributed by atoms with Crippen molar-refractivity contribution in [2.45, 2.75) is 25.3 Å². The van der Waals surface area contributed by atoms with Gasteiger partial charge in [0, 0.05) is 31.6 Å². The van der Waals surface area contributed by atoms with Gasteiger partial charge >= 0.3 is 0 Å². The summed E-state index contributed by atoms with van der Waals surface area (Å²) in [4.78, 5) is 27.7. The summed E-state index contributed by atoms with van der Waals surface area (Å²) in [7, 11) is -1.45. The Morgan fingerprint density at radius 1 is 1.38 bits per heavy atom. The van der Waals surface area contributed by atoms with Crippen molar-refractivity contribution in [3.63, 3.8) is 0 Å². The largest absolute Gasteiger partial charge is 0.338 e. The average molecular weight is 371 g/mol. The number of nitrogens with zero attached hydrogens (tertiary/aromatic N) is 2. The molecule has 0 radical (unpaired) electrons. The quantitative estimate of drug-likeness (QED) is 0.812. The lowest BCUT2D eigenvalue weighted by Gasteiger charge is -2.24. The first-order chi connectivity index (χ1) is 11.3. The number of hydrogen-bond donors (Lipinski definition) is 0. The molecule has 2 aliphatic heterocycles. The first-order valence-electron chi connectivity index (χ1n) is 7.86. The summed E-state index contributed by atoms with van der Waals surface area (Å²) in [6.07, 6.45) is 1.71. The minimum Gasteiger partial charge on any atom is -0.338 e. The second-order valence-electron chi connectivity index (χ2n) is 6.29. The smallest absolute Gasteiger partial charge is 0.253 e. The Morgan fingerprint density at radius 2 is 2.12 bits per heavy atom. The number of anilines is 1. The van der Waals surface area contributed by atoms with Crippen LogP contribution in [0.3, 0.4) is 0 Å². The van der Waals surface area contributed by atoms with Crippen molar-refractivity contribution >= 4 is 38.9 Å². The van der Waals surface area contributed by atoms with Crippen LogP contribution in [0.2, 0.25) is 5.02 Å². The number of carbonyl (C=O) groups excluding carboxylic acids is 2. The van der Waals surface area contributed by atoms with Gasteiger partial charge in [0.1, 0.15) is 0 Å². The van der Waals surface area contributed by atoms with E-state index in [0.717, 1.165) is 6.42 Å². The second kappa shape index (κ2) is 6.37. The molecular formula is C16H19ClN2O4S. The van der Waals surface area contributed by atoms with Crippen molar-refractivity contribution < 1.29 is 18.0 Å². The van der Waals surface area contributed by atoms with E-state index in [0.29, 0.717) is 35.7 Å². The molecule has 2 amide bonds. The van der Waals surface area contributed by atoms with E-state index >= 15 is 0 Å².